The van der Waals surface area contributed by atoms with Crippen molar-refractivity contribution in [1.29, 1.82) is 0 Å². The highest BCUT2D eigenvalue weighted by atomic mass is 35.5. The van der Waals surface area contributed by atoms with Gasteiger partial charge in [-0.15, -0.1) is 11.3 Å². The third kappa shape index (κ3) is 7.04. The highest BCUT2D eigenvalue weighted by molar-refractivity contribution is 7.16. The first-order valence-corrected chi connectivity index (χ1v) is 14.3. The monoisotopic (exact) mass is 595 g/mol. The van der Waals surface area contributed by atoms with Gasteiger partial charge in [0.05, 0.1) is 27.8 Å². The van der Waals surface area contributed by atoms with Gasteiger partial charge in [-0.05, 0) is 43.9 Å². The third-order valence-corrected chi connectivity index (χ3v) is 8.65. The molecule has 0 bridgehead atoms. The summed E-state index contributed by atoms with van der Waals surface area (Å²) >= 11 is 13.6. The zero-order chi connectivity index (χ0) is 29.1. The van der Waals surface area contributed by atoms with Gasteiger partial charge in [0.1, 0.15) is 10.5 Å². The second kappa shape index (κ2) is 12.1. The molecule has 9 nitrogen and oxygen atoms in total. The fourth-order valence-corrected chi connectivity index (χ4v) is 5.57. The maximum atomic E-state index is 13.9. The van der Waals surface area contributed by atoms with Gasteiger partial charge in [-0.2, -0.15) is 0 Å². The molecule has 3 N–H and O–H groups in total. The van der Waals surface area contributed by atoms with Crippen LogP contribution in [0.15, 0.2) is 24.3 Å². The zero-order valence-electron chi connectivity index (χ0n) is 23.0. The number of hydrogen-bond acceptors (Lipinski definition) is 5. The van der Waals surface area contributed by atoms with Crippen molar-refractivity contribution in [2.24, 2.45) is 0 Å². The van der Waals surface area contributed by atoms with Crippen molar-refractivity contribution in [2.75, 3.05) is 36.8 Å². The topological polar surface area (TPSA) is 111 Å². The summed E-state index contributed by atoms with van der Waals surface area (Å²) in [6.45, 7) is 12.3. The van der Waals surface area contributed by atoms with Crippen molar-refractivity contribution >= 4 is 69.0 Å². The number of nitrogens with one attached hydrogen (secondary N) is 3. The average molecular weight is 597 g/mol. The summed E-state index contributed by atoms with van der Waals surface area (Å²) in [5.74, 6) is -0.931. The van der Waals surface area contributed by atoms with E-state index in [1.165, 1.54) is 21.1 Å². The summed E-state index contributed by atoms with van der Waals surface area (Å²) in [5.41, 5.74) is -0.874. The number of urea groups is 1. The fraction of sp³-hybridized carbons (Fsp3) is 0.481. The van der Waals surface area contributed by atoms with Crippen LogP contribution in [0.2, 0.25) is 10.0 Å². The van der Waals surface area contributed by atoms with Crippen LogP contribution < -0.4 is 16.0 Å². The largest absolute Gasteiger partial charge is 0.355 e. The van der Waals surface area contributed by atoms with Crippen LogP contribution in [0.3, 0.4) is 0 Å². The number of anilines is 2. The van der Waals surface area contributed by atoms with E-state index in [1.807, 2.05) is 27.7 Å². The van der Waals surface area contributed by atoms with E-state index in [0.29, 0.717) is 22.3 Å². The fourth-order valence-electron chi connectivity index (χ4n) is 4.12. The van der Waals surface area contributed by atoms with Crippen LogP contribution in [0.25, 0.3) is 0 Å². The van der Waals surface area contributed by atoms with Gasteiger partial charge in [-0.25, -0.2) is 4.79 Å². The molecule has 2 heterocycles. The SMILES string of the molecule is CCCNC(=O)CN1CCN(C(=O)c2cc(C(C)(C)C)sc2NC(=O)Nc2cccc(Cl)c2Cl)C(C)(C)C1=O. The Bertz CT molecular complexity index is 1270. The number of benzene rings is 1. The quantitative estimate of drug-likeness (QED) is 0.387. The molecule has 1 fully saturated rings. The Labute approximate surface area is 243 Å². The van der Waals surface area contributed by atoms with Gasteiger partial charge in [0, 0.05) is 24.5 Å². The lowest BCUT2D eigenvalue weighted by molar-refractivity contribution is -0.149. The van der Waals surface area contributed by atoms with Crippen molar-refractivity contribution in [1.82, 2.24) is 15.1 Å². The Morgan fingerprint density at radius 3 is 2.44 bits per heavy atom. The number of halogens is 2. The molecule has 1 aliphatic heterocycles. The van der Waals surface area contributed by atoms with Gasteiger partial charge in [-0.3, -0.25) is 19.7 Å². The standard InChI is InChI=1S/C27H35Cl2N5O4S/c1-7-11-30-20(35)15-33-12-13-34(27(5,6)24(33)37)23(36)16-14-19(26(2,3)4)39-22(16)32-25(38)31-18-10-8-9-17(28)21(18)29/h8-10,14H,7,11-13,15H2,1-6H3,(H,30,35)(H2,31,32,38). The molecule has 212 valence electrons. The van der Waals surface area contributed by atoms with Crippen LogP contribution in [0.4, 0.5) is 15.5 Å². The van der Waals surface area contributed by atoms with Crippen molar-refractivity contribution in [3.8, 4) is 0 Å². The van der Waals surface area contributed by atoms with Crippen molar-refractivity contribution in [3.63, 3.8) is 0 Å². The van der Waals surface area contributed by atoms with Gasteiger partial charge in [0.15, 0.2) is 0 Å². The molecule has 2 aromatic rings. The number of rotatable bonds is 7. The lowest BCUT2D eigenvalue weighted by atomic mass is 9.93. The van der Waals surface area contributed by atoms with E-state index in [4.69, 9.17) is 23.2 Å². The van der Waals surface area contributed by atoms with E-state index in [9.17, 15) is 19.2 Å². The second-order valence-corrected chi connectivity index (χ2v) is 12.7. The molecular weight excluding hydrogens is 561 g/mol. The number of nitrogens with zero attached hydrogens (tertiary/aromatic N) is 2. The minimum atomic E-state index is -1.20. The van der Waals surface area contributed by atoms with Crippen LogP contribution in [-0.2, 0) is 15.0 Å². The molecule has 12 heteroatoms. The van der Waals surface area contributed by atoms with E-state index < -0.39 is 11.6 Å². The van der Waals surface area contributed by atoms with Crippen LogP contribution in [0.1, 0.15) is 63.2 Å². The Morgan fingerprint density at radius 2 is 1.79 bits per heavy atom. The van der Waals surface area contributed by atoms with Gasteiger partial charge in [0.2, 0.25) is 11.8 Å². The van der Waals surface area contributed by atoms with Gasteiger partial charge >= 0.3 is 6.03 Å². The summed E-state index contributed by atoms with van der Waals surface area (Å²) in [5, 5.41) is 9.08. The molecular formula is C27H35Cl2N5O4S. The Morgan fingerprint density at radius 1 is 1.10 bits per heavy atom. The minimum absolute atomic E-state index is 0.0596. The van der Waals surface area contributed by atoms with E-state index in [2.05, 4.69) is 16.0 Å². The minimum Gasteiger partial charge on any atom is -0.355 e. The molecule has 1 saturated heterocycles. The van der Waals surface area contributed by atoms with Gasteiger partial charge in [-0.1, -0.05) is 57.0 Å². The highest BCUT2D eigenvalue weighted by Gasteiger charge is 2.45. The van der Waals surface area contributed by atoms with Crippen LogP contribution in [0, 0.1) is 0 Å². The lowest BCUT2D eigenvalue weighted by Gasteiger charge is -2.45. The smallest absolute Gasteiger partial charge is 0.324 e. The Balaban J connectivity index is 1.85. The van der Waals surface area contributed by atoms with Crippen molar-refractivity contribution in [3.05, 3.63) is 44.8 Å². The van der Waals surface area contributed by atoms with Crippen LogP contribution in [-0.4, -0.2) is 65.3 Å². The van der Waals surface area contributed by atoms with Gasteiger partial charge in [0.25, 0.3) is 5.91 Å². The van der Waals surface area contributed by atoms with Crippen LogP contribution >= 0.6 is 34.5 Å². The molecule has 0 atom stereocenters. The molecule has 1 aliphatic rings. The maximum Gasteiger partial charge on any atom is 0.324 e. The number of carbonyl (C=O) groups excluding carboxylic acids is 4. The van der Waals surface area contributed by atoms with E-state index >= 15 is 0 Å². The molecule has 0 saturated carbocycles. The predicted octanol–water partition coefficient (Wildman–Crippen LogP) is 5.59. The lowest BCUT2D eigenvalue weighted by Crippen LogP contribution is -2.65. The summed E-state index contributed by atoms with van der Waals surface area (Å²) in [6.07, 6.45) is 0.797. The molecule has 39 heavy (non-hydrogen) atoms. The Hall–Kier alpha value is -2.82. The highest BCUT2D eigenvalue weighted by Crippen LogP contribution is 2.38. The van der Waals surface area contributed by atoms with Crippen molar-refractivity contribution < 1.29 is 19.2 Å². The zero-order valence-corrected chi connectivity index (χ0v) is 25.4. The first-order valence-electron chi connectivity index (χ1n) is 12.7. The number of hydrogen-bond donors (Lipinski definition) is 3. The van der Waals surface area contributed by atoms with E-state index in [0.717, 1.165) is 11.3 Å². The van der Waals surface area contributed by atoms with E-state index in [-0.39, 0.29) is 53.4 Å². The number of carbonyl (C=O) groups is 4. The first kappa shape index (κ1) is 30.7. The van der Waals surface area contributed by atoms with E-state index in [1.54, 1.807) is 38.1 Å². The number of thiophene rings is 1. The first-order chi connectivity index (χ1) is 18.2. The molecule has 1 aromatic carbocycles. The van der Waals surface area contributed by atoms with Crippen molar-refractivity contribution in [2.45, 2.75) is 58.9 Å². The number of amides is 5. The summed E-state index contributed by atoms with van der Waals surface area (Å²) < 4.78 is 0. The van der Waals surface area contributed by atoms with Crippen LogP contribution in [0.5, 0.6) is 0 Å². The average Bonchev–Trinajstić information content (AvgIpc) is 3.27. The summed E-state index contributed by atoms with van der Waals surface area (Å²) in [6, 6.07) is 6.06. The van der Waals surface area contributed by atoms with Gasteiger partial charge < -0.3 is 20.4 Å². The molecule has 1 aromatic heterocycles. The molecule has 3 rings (SSSR count). The molecule has 0 aliphatic carbocycles. The molecule has 0 unspecified atom stereocenters. The summed E-state index contributed by atoms with van der Waals surface area (Å²) in [4.78, 5) is 56.3. The maximum absolute atomic E-state index is 13.9. The summed E-state index contributed by atoms with van der Waals surface area (Å²) in [7, 11) is 0. The normalized spacial score (nSPS) is 15.2. The second-order valence-electron chi connectivity index (χ2n) is 10.9. The molecule has 0 spiro atoms. The number of piperazine rings is 1. The predicted molar refractivity (Wildman–Crippen MR) is 157 cm³/mol. The Kier molecular flexibility index (Phi) is 9.56. The molecule has 0 radical (unpaired) electrons. The third-order valence-electron chi connectivity index (χ3n) is 6.36. The molecule has 5 amide bonds.